The Morgan fingerprint density at radius 3 is 2.75 bits per heavy atom. The lowest BCUT2D eigenvalue weighted by molar-refractivity contribution is 0.430. The van der Waals surface area contributed by atoms with Gasteiger partial charge in [0.1, 0.15) is 0 Å². The van der Waals surface area contributed by atoms with Crippen molar-refractivity contribution in [3.8, 4) is 0 Å². The Bertz CT molecular complexity index is 465. The summed E-state index contributed by atoms with van der Waals surface area (Å²) in [5, 5.41) is 7.08. The van der Waals surface area contributed by atoms with Crippen LogP contribution in [0.3, 0.4) is 0 Å². The molecule has 0 amide bonds. The monoisotopic (exact) mass is 233 g/mol. The highest BCUT2D eigenvalue weighted by Gasteiger charge is 2.08. The van der Waals surface area contributed by atoms with Gasteiger partial charge in [-0.2, -0.15) is 0 Å². The van der Waals surface area contributed by atoms with Gasteiger partial charge in [0.05, 0.1) is 0 Å². The summed E-state index contributed by atoms with van der Waals surface area (Å²) in [4.78, 5) is 0. The fourth-order valence-electron chi connectivity index (χ4n) is 1.82. The molecule has 1 N–H and O–H groups in total. The summed E-state index contributed by atoms with van der Waals surface area (Å²) in [5.74, 6) is 0. The third kappa shape index (κ3) is 2.83. The molecule has 2 heteroatoms. The SMILES string of the molecule is CC(C)(C)NCCc1cccc2ccsc12. The first-order valence-corrected chi connectivity index (χ1v) is 6.64. The van der Waals surface area contributed by atoms with Crippen LogP contribution in [0.4, 0.5) is 0 Å². The van der Waals surface area contributed by atoms with Crippen LogP contribution in [-0.4, -0.2) is 12.1 Å². The van der Waals surface area contributed by atoms with Crippen LogP contribution < -0.4 is 5.32 Å². The van der Waals surface area contributed by atoms with E-state index >= 15 is 0 Å². The Kier molecular flexibility index (Phi) is 3.31. The number of nitrogens with one attached hydrogen (secondary N) is 1. The first-order valence-electron chi connectivity index (χ1n) is 5.76. The molecular weight excluding hydrogens is 214 g/mol. The molecule has 16 heavy (non-hydrogen) atoms. The summed E-state index contributed by atoms with van der Waals surface area (Å²) in [5.41, 5.74) is 1.67. The first-order chi connectivity index (χ1) is 7.56. The van der Waals surface area contributed by atoms with Gasteiger partial charge in [-0.25, -0.2) is 0 Å². The van der Waals surface area contributed by atoms with Gasteiger partial charge in [0, 0.05) is 10.2 Å². The summed E-state index contributed by atoms with van der Waals surface area (Å²) in [6, 6.07) is 8.78. The number of hydrogen-bond donors (Lipinski definition) is 1. The van der Waals surface area contributed by atoms with E-state index in [2.05, 4.69) is 55.7 Å². The second-order valence-electron chi connectivity index (χ2n) is 5.18. The second kappa shape index (κ2) is 4.56. The number of benzene rings is 1. The topological polar surface area (TPSA) is 12.0 Å². The van der Waals surface area contributed by atoms with Crippen LogP contribution >= 0.6 is 11.3 Å². The zero-order valence-electron chi connectivity index (χ0n) is 10.2. The molecule has 0 aliphatic carbocycles. The molecule has 0 saturated heterocycles. The minimum atomic E-state index is 0.212. The molecule has 1 heterocycles. The Morgan fingerprint density at radius 1 is 1.19 bits per heavy atom. The van der Waals surface area contributed by atoms with Gasteiger partial charge in [0.25, 0.3) is 0 Å². The highest BCUT2D eigenvalue weighted by Crippen LogP contribution is 2.24. The van der Waals surface area contributed by atoms with Gasteiger partial charge in [-0.15, -0.1) is 11.3 Å². The third-order valence-corrected chi connectivity index (χ3v) is 3.62. The van der Waals surface area contributed by atoms with Crippen molar-refractivity contribution in [3.05, 3.63) is 35.2 Å². The third-order valence-electron chi connectivity index (χ3n) is 2.61. The highest BCUT2D eigenvalue weighted by atomic mass is 32.1. The van der Waals surface area contributed by atoms with Crippen molar-refractivity contribution in [2.24, 2.45) is 0 Å². The molecule has 86 valence electrons. The van der Waals surface area contributed by atoms with Crippen LogP contribution in [0.1, 0.15) is 26.3 Å². The zero-order chi connectivity index (χ0) is 11.6. The van der Waals surface area contributed by atoms with Gasteiger partial charge in [0.2, 0.25) is 0 Å². The van der Waals surface area contributed by atoms with Crippen molar-refractivity contribution in [1.82, 2.24) is 5.32 Å². The Balaban J connectivity index is 2.07. The minimum absolute atomic E-state index is 0.212. The molecule has 1 nitrogen and oxygen atoms in total. The van der Waals surface area contributed by atoms with Gasteiger partial charge in [0.15, 0.2) is 0 Å². The maximum Gasteiger partial charge on any atom is 0.0375 e. The van der Waals surface area contributed by atoms with Crippen LogP contribution in [0.5, 0.6) is 0 Å². The maximum atomic E-state index is 3.53. The molecule has 0 saturated carbocycles. The summed E-state index contributed by atoms with van der Waals surface area (Å²) < 4.78 is 1.44. The number of rotatable bonds is 3. The fraction of sp³-hybridized carbons (Fsp3) is 0.429. The summed E-state index contributed by atoms with van der Waals surface area (Å²) in [6.07, 6.45) is 1.11. The quantitative estimate of drug-likeness (QED) is 0.849. The average Bonchev–Trinajstić information content (AvgIpc) is 2.64. The largest absolute Gasteiger partial charge is 0.312 e. The van der Waals surface area contributed by atoms with Crippen molar-refractivity contribution in [1.29, 1.82) is 0 Å². The molecule has 0 unspecified atom stereocenters. The smallest absolute Gasteiger partial charge is 0.0375 e. The molecule has 1 aromatic heterocycles. The van der Waals surface area contributed by atoms with E-state index in [1.165, 1.54) is 15.6 Å². The number of hydrogen-bond acceptors (Lipinski definition) is 2. The molecular formula is C14H19NS. The van der Waals surface area contributed by atoms with Crippen LogP contribution in [0, 0.1) is 0 Å². The average molecular weight is 233 g/mol. The van der Waals surface area contributed by atoms with E-state index in [1.807, 2.05) is 11.3 Å². The summed E-state index contributed by atoms with van der Waals surface area (Å²) >= 11 is 1.84. The number of thiophene rings is 1. The molecule has 0 aliphatic heterocycles. The lowest BCUT2D eigenvalue weighted by Crippen LogP contribution is -2.37. The Hall–Kier alpha value is -0.860. The number of fused-ring (bicyclic) bond motifs is 1. The standard InChI is InChI=1S/C14H19NS/c1-14(2,3)15-9-7-11-5-4-6-12-8-10-16-13(11)12/h4-6,8,10,15H,7,9H2,1-3H3. The summed E-state index contributed by atoms with van der Waals surface area (Å²) in [6.45, 7) is 7.66. The molecule has 0 aliphatic rings. The molecule has 0 spiro atoms. The lowest BCUT2D eigenvalue weighted by Gasteiger charge is -2.20. The van der Waals surface area contributed by atoms with Crippen molar-refractivity contribution in [2.45, 2.75) is 32.7 Å². The Morgan fingerprint density at radius 2 is 2.00 bits per heavy atom. The van der Waals surface area contributed by atoms with Crippen molar-refractivity contribution < 1.29 is 0 Å². The molecule has 1 aromatic carbocycles. The molecule has 2 rings (SSSR count). The predicted octanol–water partition coefficient (Wildman–Crippen LogP) is 3.83. The normalized spacial score (nSPS) is 12.2. The van der Waals surface area contributed by atoms with Gasteiger partial charge in [-0.1, -0.05) is 18.2 Å². The maximum absolute atomic E-state index is 3.53. The Labute approximate surface area is 101 Å². The predicted molar refractivity (Wildman–Crippen MR) is 73.3 cm³/mol. The van der Waals surface area contributed by atoms with E-state index in [9.17, 15) is 0 Å². The summed E-state index contributed by atoms with van der Waals surface area (Å²) in [7, 11) is 0. The highest BCUT2D eigenvalue weighted by molar-refractivity contribution is 7.17. The van der Waals surface area contributed by atoms with E-state index in [4.69, 9.17) is 0 Å². The van der Waals surface area contributed by atoms with Gasteiger partial charge < -0.3 is 5.32 Å². The second-order valence-corrected chi connectivity index (χ2v) is 6.10. The van der Waals surface area contributed by atoms with E-state index in [1.54, 1.807) is 0 Å². The molecule has 0 atom stereocenters. The first kappa shape index (κ1) is 11.6. The van der Waals surface area contributed by atoms with Gasteiger partial charge >= 0.3 is 0 Å². The molecule has 0 bridgehead atoms. The fourth-order valence-corrected chi connectivity index (χ4v) is 2.77. The van der Waals surface area contributed by atoms with Crippen LogP contribution in [-0.2, 0) is 6.42 Å². The van der Waals surface area contributed by atoms with Crippen LogP contribution in [0.25, 0.3) is 10.1 Å². The van der Waals surface area contributed by atoms with Crippen molar-refractivity contribution >= 4 is 21.4 Å². The van der Waals surface area contributed by atoms with Crippen molar-refractivity contribution in [2.75, 3.05) is 6.54 Å². The minimum Gasteiger partial charge on any atom is -0.312 e. The van der Waals surface area contributed by atoms with Crippen LogP contribution in [0.2, 0.25) is 0 Å². The van der Waals surface area contributed by atoms with Crippen LogP contribution in [0.15, 0.2) is 29.6 Å². The van der Waals surface area contributed by atoms with E-state index in [0.29, 0.717) is 0 Å². The lowest BCUT2D eigenvalue weighted by atomic mass is 10.1. The van der Waals surface area contributed by atoms with Gasteiger partial charge in [-0.3, -0.25) is 0 Å². The van der Waals surface area contributed by atoms with E-state index in [0.717, 1.165) is 13.0 Å². The molecule has 0 fully saturated rings. The van der Waals surface area contributed by atoms with E-state index in [-0.39, 0.29) is 5.54 Å². The molecule has 2 aromatic rings. The zero-order valence-corrected chi connectivity index (χ0v) is 11.0. The van der Waals surface area contributed by atoms with E-state index < -0.39 is 0 Å². The van der Waals surface area contributed by atoms with Gasteiger partial charge in [-0.05, 0) is 56.1 Å². The molecule has 0 radical (unpaired) electrons. The van der Waals surface area contributed by atoms with Crippen molar-refractivity contribution in [3.63, 3.8) is 0 Å².